The highest BCUT2D eigenvalue weighted by atomic mass is 35.5. The van der Waals surface area contributed by atoms with Crippen LogP contribution >= 0.6 is 23.8 Å². The minimum absolute atomic E-state index is 0.126. The molecule has 4 nitrogen and oxygen atoms in total. The number of allylic oxidation sites excluding steroid dienone is 1. The first-order valence-electron chi connectivity index (χ1n) is 6.42. The molecule has 0 saturated heterocycles. The van der Waals surface area contributed by atoms with Gasteiger partial charge in [-0.15, -0.1) is 0 Å². The van der Waals surface area contributed by atoms with Gasteiger partial charge in [0, 0.05) is 5.02 Å². The Bertz CT molecular complexity index is 789. The first kappa shape index (κ1) is 15.5. The zero-order valence-corrected chi connectivity index (χ0v) is 13.2. The summed E-state index contributed by atoms with van der Waals surface area (Å²) in [5.41, 5.74) is 0.379. The maximum atomic E-state index is 11.9. The molecular formula is C15H15ClN2O2S. The van der Waals surface area contributed by atoms with Crippen LogP contribution in [0.15, 0.2) is 35.1 Å². The summed E-state index contributed by atoms with van der Waals surface area (Å²) >= 11 is 11.0. The van der Waals surface area contributed by atoms with Crippen molar-refractivity contribution in [3.8, 4) is 11.6 Å². The lowest BCUT2D eigenvalue weighted by atomic mass is 10.1. The first-order chi connectivity index (χ1) is 9.90. The molecule has 110 valence electrons. The Morgan fingerprint density at radius 3 is 2.52 bits per heavy atom. The highest BCUT2D eigenvalue weighted by Gasteiger charge is 2.11. The van der Waals surface area contributed by atoms with Crippen LogP contribution < -0.4 is 5.56 Å². The lowest BCUT2D eigenvalue weighted by Crippen LogP contribution is -2.15. The molecule has 0 aliphatic rings. The quantitative estimate of drug-likeness (QED) is 0.842. The van der Waals surface area contributed by atoms with Crippen molar-refractivity contribution in [2.45, 2.75) is 13.8 Å². The second-order valence-electron chi connectivity index (χ2n) is 4.91. The molecule has 0 spiro atoms. The molecule has 21 heavy (non-hydrogen) atoms. The minimum Gasteiger partial charge on any atom is -0.494 e. The molecule has 2 N–H and O–H groups in total. The van der Waals surface area contributed by atoms with E-state index in [9.17, 15) is 9.90 Å². The van der Waals surface area contributed by atoms with Crippen LogP contribution in [-0.4, -0.2) is 14.7 Å². The van der Waals surface area contributed by atoms with Crippen LogP contribution in [0.3, 0.4) is 0 Å². The predicted molar refractivity (Wildman–Crippen MR) is 87.8 cm³/mol. The van der Waals surface area contributed by atoms with E-state index in [2.05, 4.69) is 4.98 Å². The van der Waals surface area contributed by atoms with E-state index >= 15 is 0 Å². The third kappa shape index (κ3) is 3.43. The summed E-state index contributed by atoms with van der Waals surface area (Å²) in [6.07, 6.45) is 3.43. The first-order valence-corrected chi connectivity index (χ1v) is 7.21. The van der Waals surface area contributed by atoms with Crippen molar-refractivity contribution in [2.24, 2.45) is 5.92 Å². The highest BCUT2D eigenvalue weighted by molar-refractivity contribution is 7.71. The second-order valence-corrected chi connectivity index (χ2v) is 5.73. The molecule has 2 rings (SSSR count). The molecule has 0 radical (unpaired) electrons. The standard InChI is InChI=1S/C15H15ClN2O2S/c1-9(2)3-8-12-13(19)17-15(21)18(14(12)20)11-6-4-10(16)5-7-11/h3-9,20H,1-2H3,(H,17,19,21). The Balaban J connectivity index is 2.67. The average molecular weight is 323 g/mol. The van der Waals surface area contributed by atoms with Gasteiger partial charge in [-0.05, 0) is 48.5 Å². The number of nitrogens with one attached hydrogen (secondary N) is 1. The van der Waals surface area contributed by atoms with Gasteiger partial charge < -0.3 is 5.11 Å². The number of rotatable bonds is 3. The molecule has 0 fully saturated rings. The number of halogens is 1. The van der Waals surface area contributed by atoms with E-state index in [4.69, 9.17) is 23.8 Å². The number of benzene rings is 1. The summed E-state index contributed by atoms with van der Waals surface area (Å²) in [5, 5.41) is 11.0. The number of aromatic hydroxyl groups is 1. The van der Waals surface area contributed by atoms with Gasteiger partial charge in [0.05, 0.1) is 11.3 Å². The lowest BCUT2D eigenvalue weighted by Gasteiger charge is -2.11. The molecule has 1 heterocycles. The van der Waals surface area contributed by atoms with Crippen molar-refractivity contribution in [2.75, 3.05) is 0 Å². The van der Waals surface area contributed by atoms with Crippen molar-refractivity contribution >= 4 is 29.9 Å². The van der Waals surface area contributed by atoms with Crippen molar-refractivity contribution in [3.05, 3.63) is 56.1 Å². The Kier molecular flexibility index (Phi) is 4.65. The Labute approximate surface area is 132 Å². The number of nitrogens with zero attached hydrogens (tertiary/aromatic N) is 1. The third-order valence-electron chi connectivity index (χ3n) is 2.85. The van der Waals surface area contributed by atoms with E-state index in [1.54, 1.807) is 30.3 Å². The van der Waals surface area contributed by atoms with Gasteiger partial charge in [-0.2, -0.15) is 0 Å². The maximum Gasteiger partial charge on any atom is 0.262 e. The normalized spacial score (nSPS) is 11.4. The van der Waals surface area contributed by atoms with E-state index in [-0.39, 0.29) is 22.1 Å². The van der Waals surface area contributed by atoms with Gasteiger partial charge in [0.15, 0.2) is 4.77 Å². The van der Waals surface area contributed by atoms with E-state index in [1.807, 2.05) is 19.9 Å². The molecule has 0 aliphatic heterocycles. The summed E-state index contributed by atoms with van der Waals surface area (Å²) in [5.74, 6) is 0.0685. The SMILES string of the molecule is CC(C)C=Cc1c(O)n(-c2ccc(Cl)cc2)c(=S)[nH]c1=O. The Hall–Kier alpha value is -1.85. The smallest absolute Gasteiger partial charge is 0.262 e. The second kappa shape index (κ2) is 6.28. The number of aromatic nitrogens is 2. The zero-order valence-electron chi connectivity index (χ0n) is 11.6. The molecule has 1 aromatic heterocycles. The summed E-state index contributed by atoms with van der Waals surface area (Å²) < 4.78 is 1.52. The summed E-state index contributed by atoms with van der Waals surface area (Å²) in [7, 11) is 0. The molecule has 1 aromatic carbocycles. The van der Waals surface area contributed by atoms with Crippen molar-refractivity contribution < 1.29 is 5.11 Å². The minimum atomic E-state index is -0.417. The van der Waals surface area contributed by atoms with Crippen LogP contribution in [0.2, 0.25) is 5.02 Å². The number of hydrogen-bond acceptors (Lipinski definition) is 3. The molecule has 0 bridgehead atoms. The van der Waals surface area contributed by atoms with Gasteiger partial charge in [0.25, 0.3) is 5.56 Å². The van der Waals surface area contributed by atoms with Crippen LogP contribution in [0.25, 0.3) is 11.8 Å². The topological polar surface area (TPSA) is 58.0 Å². The van der Waals surface area contributed by atoms with Crippen molar-refractivity contribution in [1.29, 1.82) is 0 Å². The number of H-pyrrole nitrogens is 1. The molecule has 2 aromatic rings. The average Bonchev–Trinajstić information content (AvgIpc) is 2.40. The summed E-state index contributed by atoms with van der Waals surface area (Å²) in [4.78, 5) is 14.5. The Morgan fingerprint density at radius 2 is 1.95 bits per heavy atom. The molecular weight excluding hydrogens is 308 g/mol. The van der Waals surface area contributed by atoms with Crippen molar-refractivity contribution in [1.82, 2.24) is 9.55 Å². The fourth-order valence-corrected chi connectivity index (χ4v) is 2.22. The van der Waals surface area contributed by atoms with E-state index in [1.165, 1.54) is 4.57 Å². The van der Waals surface area contributed by atoms with Gasteiger partial charge in [0.2, 0.25) is 5.88 Å². The summed E-state index contributed by atoms with van der Waals surface area (Å²) in [6, 6.07) is 6.80. The van der Waals surface area contributed by atoms with Gasteiger partial charge >= 0.3 is 0 Å². The predicted octanol–water partition coefficient (Wildman–Crippen LogP) is 3.92. The van der Waals surface area contributed by atoms with E-state index in [0.29, 0.717) is 10.7 Å². The molecule has 6 heteroatoms. The van der Waals surface area contributed by atoms with Gasteiger partial charge in [-0.3, -0.25) is 14.3 Å². The number of aromatic amines is 1. The highest BCUT2D eigenvalue weighted by Crippen LogP contribution is 2.22. The third-order valence-corrected chi connectivity index (χ3v) is 3.39. The largest absolute Gasteiger partial charge is 0.494 e. The lowest BCUT2D eigenvalue weighted by molar-refractivity contribution is 0.432. The van der Waals surface area contributed by atoms with Crippen LogP contribution in [0.5, 0.6) is 5.88 Å². The van der Waals surface area contributed by atoms with Crippen LogP contribution in [0, 0.1) is 10.7 Å². The van der Waals surface area contributed by atoms with E-state index < -0.39 is 5.56 Å². The Morgan fingerprint density at radius 1 is 1.33 bits per heavy atom. The monoisotopic (exact) mass is 322 g/mol. The molecule has 0 unspecified atom stereocenters. The zero-order chi connectivity index (χ0) is 15.6. The van der Waals surface area contributed by atoms with Gasteiger partial charge in [-0.25, -0.2) is 0 Å². The maximum absolute atomic E-state index is 11.9. The fourth-order valence-electron chi connectivity index (χ4n) is 1.81. The summed E-state index contributed by atoms with van der Waals surface area (Å²) in [6.45, 7) is 3.97. The molecule has 0 atom stereocenters. The van der Waals surface area contributed by atoms with Crippen LogP contribution in [0.4, 0.5) is 0 Å². The molecule has 0 saturated carbocycles. The van der Waals surface area contributed by atoms with Gasteiger partial charge in [0.1, 0.15) is 0 Å². The van der Waals surface area contributed by atoms with Crippen LogP contribution in [0.1, 0.15) is 19.4 Å². The van der Waals surface area contributed by atoms with Gasteiger partial charge in [-0.1, -0.05) is 31.5 Å². The number of hydrogen-bond donors (Lipinski definition) is 2. The van der Waals surface area contributed by atoms with Crippen molar-refractivity contribution in [3.63, 3.8) is 0 Å². The van der Waals surface area contributed by atoms with Crippen LogP contribution in [-0.2, 0) is 0 Å². The molecule has 0 aliphatic carbocycles. The molecule has 0 amide bonds. The van der Waals surface area contributed by atoms with E-state index in [0.717, 1.165) is 0 Å². The fraction of sp³-hybridized carbons (Fsp3) is 0.200.